The van der Waals surface area contributed by atoms with Gasteiger partial charge in [-0.2, -0.15) is 0 Å². The second-order valence-electron chi connectivity index (χ2n) is 6.40. The molecule has 1 heteroatoms. The molecule has 2 atom stereocenters. The van der Waals surface area contributed by atoms with Crippen LogP contribution < -0.4 is 0 Å². The lowest BCUT2D eigenvalue weighted by Gasteiger charge is -2.23. The van der Waals surface area contributed by atoms with Gasteiger partial charge in [0.05, 0.1) is 6.10 Å². The molecule has 1 N–H and O–H groups in total. The van der Waals surface area contributed by atoms with Crippen LogP contribution in [0.2, 0.25) is 0 Å². The number of benzene rings is 2. The zero-order valence-corrected chi connectivity index (χ0v) is 12.9. The molecule has 0 aromatic heterocycles. The normalized spacial score (nSPS) is 19.0. The first-order valence-electron chi connectivity index (χ1n) is 8.01. The summed E-state index contributed by atoms with van der Waals surface area (Å²) in [5.41, 5.74) is 3.61. The van der Waals surface area contributed by atoms with E-state index < -0.39 is 6.10 Å². The fourth-order valence-corrected chi connectivity index (χ4v) is 3.19. The summed E-state index contributed by atoms with van der Waals surface area (Å²) in [4.78, 5) is 0. The summed E-state index contributed by atoms with van der Waals surface area (Å²) < 4.78 is 0. The van der Waals surface area contributed by atoms with Gasteiger partial charge in [-0.05, 0) is 41.9 Å². The molecule has 0 aliphatic heterocycles. The molecule has 2 unspecified atom stereocenters. The van der Waals surface area contributed by atoms with Crippen LogP contribution in [0.25, 0.3) is 0 Å². The van der Waals surface area contributed by atoms with Crippen molar-refractivity contribution in [3.63, 3.8) is 0 Å². The van der Waals surface area contributed by atoms with Gasteiger partial charge in [-0.15, -0.1) is 0 Å². The van der Waals surface area contributed by atoms with Gasteiger partial charge in [-0.1, -0.05) is 68.4 Å². The van der Waals surface area contributed by atoms with Crippen molar-refractivity contribution in [2.75, 3.05) is 0 Å². The Morgan fingerprint density at radius 2 is 1.52 bits per heavy atom. The zero-order valence-electron chi connectivity index (χ0n) is 12.9. The van der Waals surface area contributed by atoms with Gasteiger partial charge in [0, 0.05) is 5.41 Å². The molecule has 3 rings (SSSR count). The molecule has 1 aliphatic carbocycles. The molecule has 1 saturated carbocycles. The average molecular weight is 280 g/mol. The highest BCUT2D eigenvalue weighted by Crippen LogP contribution is 2.56. The van der Waals surface area contributed by atoms with E-state index in [9.17, 15) is 5.11 Å². The van der Waals surface area contributed by atoms with E-state index in [2.05, 4.69) is 62.4 Å². The summed E-state index contributed by atoms with van der Waals surface area (Å²) in [7, 11) is 0. The van der Waals surface area contributed by atoms with Gasteiger partial charge in [0.1, 0.15) is 0 Å². The molecular weight excluding hydrogens is 256 g/mol. The molecule has 0 spiro atoms. The van der Waals surface area contributed by atoms with Crippen LogP contribution in [0.5, 0.6) is 0 Å². The van der Waals surface area contributed by atoms with Crippen LogP contribution in [0.3, 0.4) is 0 Å². The molecule has 0 radical (unpaired) electrons. The zero-order chi connectivity index (χ0) is 14.9. The molecule has 21 heavy (non-hydrogen) atoms. The smallest absolute Gasteiger partial charge is 0.0886 e. The SMILES string of the molecule is CCC(C)c1ccc(C(O)C2(c3ccccc3)CC2)cc1. The minimum atomic E-state index is -0.397. The number of hydrogen-bond donors (Lipinski definition) is 1. The third-order valence-electron chi connectivity index (χ3n) is 5.09. The molecule has 0 bridgehead atoms. The van der Waals surface area contributed by atoms with Crippen molar-refractivity contribution in [1.82, 2.24) is 0 Å². The third kappa shape index (κ3) is 2.63. The van der Waals surface area contributed by atoms with E-state index in [0.717, 1.165) is 24.8 Å². The summed E-state index contributed by atoms with van der Waals surface area (Å²) in [6.45, 7) is 4.46. The van der Waals surface area contributed by atoms with Crippen molar-refractivity contribution in [2.24, 2.45) is 0 Å². The molecular formula is C20H24O. The predicted molar refractivity (Wildman–Crippen MR) is 87.5 cm³/mol. The van der Waals surface area contributed by atoms with Crippen LogP contribution in [0.15, 0.2) is 54.6 Å². The Morgan fingerprint density at radius 3 is 2.05 bits per heavy atom. The highest BCUT2D eigenvalue weighted by atomic mass is 16.3. The molecule has 1 nitrogen and oxygen atoms in total. The third-order valence-corrected chi connectivity index (χ3v) is 5.09. The first kappa shape index (κ1) is 14.3. The van der Waals surface area contributed by atoms with Crippen molar-refractivity contribution in [2.45, 2.75) is 50.5 Å². The summed E-state index contributed by atoms with van der Waals surface area (Å²) in [6.07, 6.45) is 2.90. The first-order valence-corrected chi connectivity index (χ1v) is 8.01. The van der Waals surface area contributed by atoms with E-state index in [4.69, 9.17) is 0 Å². The van der Waals surface area contributed by atoms with Crippen LogP contribution >= 0.6 is 0 Å². The Kier molecular flexibility index (Phi) is 3.86. The maximum atomic E-state index is 10.9. The second kappa shape index (κ2) is 5.65. The van der Waals surface area contributed by atoms with Gasteiger partial charge < -0.3 is 5.11 Å². The molecule has 110 valence electrons. The number of aliphatic hydroxyl groups is 1. The molecule has 0 saturated heterocycles. The maximum Gasteiger partial charge on any atom is 0.0886 e. The fourth-order valence-electron chi connectivity index (χ4n) is 3.19. The standard InChI is InChI=1S/C20H24O/c1-3-15(2)16-9-11-17(12-10-16)19(21)20(13-14-20)18-7-5-4-6-8-18/h4-12,15,19,21H,3,13-14H2,1-2H3. The summed E-state index contributed by atoms with van der Waals surface area (Å²) in [6, 6.07) is 19.0. The minimum absolute atomic E-state index is 0.0564. The lowest BCUT2D eigenvalue weighted by atomic mass is 9.85. The maximum absolute atomic E-state index is 10.9. The minimum Gasteiger partial charge on any atom is -0.387 e. The number of hydrogen-bond acceptors (Lipinski definition) is 1. The van der Waals surface area contributed by atoms with Crippen molar-refractivity contribution >= 4 is 0 Å². The van der Waals surface area contributed by atoms with Gasteiger partial charge in [-0.3, -0.25) is 0 Å². The number of rotatable bonds is 5. The summed E-state index contributed by atoms with van der Waals surface area (Å²) >= 11 is 0. The second-order valence-corrected chi connectivity index (χ2v) is 6.40. The lowest BCUT2D eigenvalue weighted by molar-refractivity contribution is 0.133. The van der Waals surface area contributed by atoms with E-state index in [0.29, 0.717) is 5.92 Å². The van der Waals surface area contributed by atoms with Gasteiger partial charge >= 0.3 is 0 Å². The Balaban J connectivity index is 1.84. The first-order chi connectivity index (χ1) is 10.2. The molecule has 1 fully saturated rings. The van der Waals surface area contributed by atoms with E-state index in [-0.39, 0.29) is 5.41 Å². The fraction of sp³-hybridized carbons (Fsp3) is 0.400. The van der Waals surface area contributed by atoms with Gasteiger partial charge in [0.25, 0.3) is 0 Å². The monoisotopic (exact) mass is 280 g/mol. The van der Waals surface area contributed by atoms with Crippen LogP contribution in [-0.2, 0) is 5.41 Å². The van der Waals surface area contributed by atoms with E-state index in [1.165, 1.54) is 11.1 Å². The van der Waals surface area contributed by atoms with E-state index in [1.807, 2.05) is 6.07 Å². The molecule has 0 heterocycles. The Labute approximate surface area is 127 Å². The Bertz CT molecular complexity index is 581. The molecule has 0 amide bonds. The van der Waals surface area contributed by atoms with Gasteiger partial charge in [0.15, 0.2) is 0 Å². The van der Waals surface area contributed by atoms with E-state index >= 15 is 0 Å². The van der Waals surface area contributed by atoms with Crippen molar-refractivity contribution in [3.8, 4) is 0 Å². The van der Waals surface area contributed by atoms with E-state index in [1.54, 1.807) is 0 Å². The highest BCUT2D eigenvalue weighted by molar-refractivity contribution is 5.38. The van der Waals surface area contributed by atoms with Gasteiger partial charge in [-0.25, -0.2) is 0 Å². The lowest BCUT2D eigenvalue weighted by Crippen LogP contribution is -2.18. The Hall–Kier alpha value is -1.60. The predicted octanol–water partition coefficient (Wildman–Crippen LogP) is 4.97. The largest absolute Gasteiger partial charge is 0.387 e. The van der Waals surface area contributed by atoms with Crippen LogP contribution in [0.1, 0.15) is 61.8 Å². The highest BCUT2D eigenvalue weighted by Gasteiger charge is 2.50. The Morgan fingerprint density at radius 1 is 0.952 bits per heavy atom. The van der Waals surface area contributed by atoms with Crippen LogP contribution in [0, 0.1) is 0 Å². The van der Waals surface area contributed by atoms with Gasteiger partial charge in [0.2, 0.25) is 0 Å². The molecule has 1 aliphatic rings. The average Bonchev–Trinajstić information content (AvgIpc) is 3.36. The van der Waals surface area contributed by atoms with Crippen molar-refractivity contribution < 1.29 is 5.11 Å². The van der Waals surface area contributed by atoms with Crippen LogP contribution in [-0.4, -0.2) is 5.11 Å². The van der Waals surface area contributed by atoms with Crippen LogP contribution in [0.4, 0.5) is 0 Å². The number of aliphatic hydroxyl groups excluding tert-OH is 1. The van der Waals surface area contributed by atoms with Crippen molar-refractivity contribution in [3.05, 3.63) is 71.3 Å². The summed E-state index contributed by atoms with van der Waals surface area (Å²) in [5.74, 6) is 0.584. The quantitative estimate of drug-likeness (QED) is 0.820. The molecule has 2 aromatic rings. The van der Waals surface area contributed by atoms with Crippen molar-refractivity contribution in [1.29, 1.82) is 0 Å². The summed E-state index contributed by atoms with van der Waals surface area (Å²) in [5, 5.41) is 10.9. The molecule has 2 aromatic carbocycles. The topological polar surface area (TPSA) is 20.2 Å².